The zero-order chi connectivity index (χ0) is 18.8. The first-order valence-corrected chi connectivity index (χ1v) is 9.75. The summed E-state index contributed by atoms with van der Waals surface area (Å²) < 4.78 is 8.25. The molecule has 1 aromatic carbocycles. The molecule has 27 heavy (non-hydrogen) atoms. The van der Waals surface area contributed by atoms with Crippen LogP contribution in [0.25, 0.3) is 0 Å². The number of amides is 1. The predicted octanol–water partition coefficient (Wildman–Crippen LogP) is 2.05. The molecule has 2 aromatic rings. The number of nitrogens with zero attached hydrogens (tertiary/aromatic N) is 3. The number of carbonyl (C=O) groups excluding carboxylic acids is 1. The van der Waals surface area contributed by atoms with Gasteiger partial charge in [-0.2, -0.15) is 5.10 Å². The highest BCUT2D eigenvalue weighted by Gasteiger charge is 2.33. The molecule has 1 aromatic heterocycles. The molecule has 0 radical (unpaired) electrons. The number of benzene rings is 1. The number of aryl methyl sites for hydroxylation is 1. The fourth-order valence-corrected chi connectivity index (χ4v) is 3.80. The van der Waals surface area contributed by atoms with Crippen LogP contribution >= 0.6 is 0 Å². The van der Waals surface area contributed by atoms with Crippen molar-refractivity contribution < 1.29 is 9.53 Å². The zero-order valence-electron chi connectivity index (χ0n) is 15.7. The summed E-state index contributed by atoms with van der Waals surface area (Å²) in [5, 5.41) is 7.52. The molecule has 0 spiro atoms. The summed E-state index contributed by atoms with van der Waals surface area (Å²) in [6.07, 6.45) is 6.18. The second kappa shape index (κ2) is 7.58. The van der Waals surface area contributed by atoms with Gasteiger partial charge in [0.15, 0.2) is 0 Å². The number of rotatable bonds is 6. The maximum Gasteiger partial charge on any atom is 0.346 e. The Kier molecular flexibility index (Phi) is 5.01. The molecule has 1 aliphatic carbocycles. The van der Waals surface area contributed by atoms with E-state index in [1.165, 1.54) is 4.68 Å². The zero-order valence-corrected chi connectivity index (χ0v) is 15.7. The topological polar surface area (TPSA) is 78.2 Å². The summed E-state index contributed by atoms with van der Waals surface area (Å²) in [6.45, 7) is 0.671. The molecule has 0 bridgehead atoms. The maximum absolute atomic E-state index is 12.6. The van der Waals surface area contributed by atoms with E-state index in [2.05, 4.69) is 10.4 Å². The van der Waals surface area contributed by atoms with Crippen molar-refractivity contribution in [2.45, 2.75) is 57.7 Å². The van der Waals surface area contributed by atoms with Crippen LogP contribution in [0.1, 0.15) is 49.5 Å². The average molecular weight is 370 g/mol. The third-order valence-corrected chi connectivity index (χ3v) is 5.46. The second-order valence-electron chi connectivity index (χ2n) is 7.47. The quantitative estimate of drug-likeness (QED) is 0.844. The third-order valence-electron chi connectivity index (χ3n) is 5.46. The molecule has 1 saturated carbocycles. The fourth-order valence-electron chi connectivity index (χ4n) is 3.80. The van der Waals surface area contributed by atoms with Crippen molar-refractivity contribution in [2.24, 2.45) is 5.92 Å². The molecule has 2 heterocycles. The van der Waals surface area contributed by atoms with Gasteiger partial charge in [0.25, 0.3) is 0 Å². The molecule has 1 N–H and O–H groups in total. The van der Waals surface area contributed by atoms with E-state index in [1.54, 1.807) is 11.7 Å². The van der Waals surface area contributed by atoms with Crippen molar-refractivity contribution in [1.29, 1.82) is 0 Å². The van der Waals surface area contributed by atoms with Crippen LogP contribution in [-0.4, -0.2) is 27.4 Å². The van der Waals surface area contributed by atoms with E-state index in [-0.39, 0.29) is 24.2 Å². The van der Waals surface area contributed by atoms with Crippen LogP contribution in [0.2, 0.25) is 0 Å². The summed E-state index contributed by atoms with van der Waals surface area (Å²) in [7, 11) is 1.64. The number of aromatic nitrogens is 3. The van der Waals surface area contributed by atoms with Crippen molar-refractivity contribution in [3.05, 3.63) is 46.1 Å². The number of nitrogens with one attached hydrogen (secondary N) is 1. The van der Waals surface area contributed by atoms with Crippen LogP contribution in [0.5, 0.6) is 5.75 Å². The van der Waals surface area contributed by atoms with Gasteiger partial charge in [-0.25, -0.2) is 9.48 Å². The molecular weight excluding hydrogens is 344 g/mol. The van der Waals surface area contributed by atoms with E-state index in [9.17, 15) is 9.59 Å². The van der Waals surface area contributed by atoms with Crippen LogP contribution in [0.4, 0.5) is 0 Å². The number of fused-ring (bicyclic) bond motifs is 1. The molecule has 7 heteroatoms. The lowest BCUT2D eigenvalue weighted by molar-refractivity contribution is -0.122. The summed E-state index contributed by atoms with van der Waals surface area (Å²) in [5.74, 6) is 1.89. The van der Waals surface area contributed by atoms with Crippen LogP contribution in [0.3, 0.4) is 0 Å². The largest absolute Gasteiger partial charge is 0.497 e. The van der Waals surface area contributed by atoms with Crippen LogP contribution < -0.4 is 15.7 Å². The van der Waals surface area contributed by atoms with Gasteiger partial charge < -0.3 is 10.1 Å². The van der Waals surface area contributed by atoms with E-state index < -0.39 is 0 Å². The lowest BCUT2D eigenvalue weighted by Crippen LogP contribution is -2.36. The third kappa shape index (κ3) is 3.91. The molecule has 144 valence electrons. The number of hydrogen-bond donors (Lipinski definition) is 1. The first-order chi connectivity index (χ1) is 13.2. The van der Waals surface area contributed by atoms with Crippen LogP contribution in [0.15, 0.2) is 29.1 Å². The maximum atomic E-state index is 12.6. The highest BCUT2D eigenvalue weighted by atomic mass is 16.5. The van der Waals surface area contributed by atoms with Gasteiger partial charge in [-0.1, -0.05) is 18.6 Å². The van der Waals surface area contributed by atoms with E-state index in [0.29, 0.717) is 12.5 Å². The molecule has 7 nitrogen and oxygen atoms in total. The van der Waals surface area contributed by atoms with Crippen LogP contribution in [-0.2, 0) is 24.3 Å². The summed E-state index contributed by atoms with van der Waals surface area (Å²) in [4.78, 5) is 25.2. The lowest BCUT2D eigenvalue weighted by Gasteiger charge is -2.19. The summed E-state index contributed by atoms with van der Waals surface area (Å²) in [5.41, 5.74) is 0.897. The number of carbonyl (C=O) groups is 1. The van der Waals surface area contributed by atoms with Gasteiger partial charge >= 0.3 is 5.69 Å². The average Bonchev–Trinajstić information content (AvgIpc) is 3.50. The van der Waals surface area contributed by atoms with Gasteiger partial charge in [-0.3, -0.25) is 9.36 Å². The van der Waals surface area contributed by atoms with E-state index in [0.717, 1.165) is 55.7 Å². The normalized spacial score (nSPS) is 17.7. The van der Waals surface area contributed by atoms with E-state index >= 15 is 0 Å². The van der Waals surface area contributed by atoms with Gasteiger partial charge in [0, 0.05) is 13.0 Å². The van der Waals surface area contributed by atoms with Gasteiger partial charge in [0.2, 0.25) is 5.91 Å². The highest BCUT2D eigenvalue weighted by Crippen LogP contribution is 2.41. The molecule has 0 saturated heterocycles. The van der Waals surface area contributed by atoms with Gasteiger partial charge in [-0.05, 0) is 49.3 Å². The number of methoxy groups -OCH3 is 1. The van der Waals surface area contributed by atoms with Crippen molar-refractivity contribution >= 4 is 5.91 Å². The fraction of sp³-hybridized carbons (Fsp3) is 0.550. The Hall–Kier alpha value is -2.57. The minimum absolute atomic E-state index is 0.0282. The van der Waals surface area contributed by atoms with E-state index in [1.807, 2.05) is 24.3 Å². The van der Waals surface area contributed by atoms with Crippen molar-refractivity contribution in [1.82, 2.24) is 19.7 Å². The minimum atomic E-state index is -0.172. The van der Waals surface area contributed by atoms with Crippen molar-refractivity contribution in [2.75, 3.05) is 7.11 Å². The SMILES string of the molecule is COc1ccc(C(NC(=O)Cn2nc3n(c2=O)CCCCC3)C2CC2)cc1. The number of hydrogen-bond acceptors (Lipinski definition) is 4. The minimum Gasteiger partial charge on any atom is -0.497 e. The summed E-state index contributed by atoms with van der Waals surface area (Å²) in [6, 6.07) is 7.78. The Morgan fingerprint density at radius 1 is 1.26 bits per heavy atom. The van der Waals surface area contributed by atoms with Gasteiger partial charge in [-0.15, -0.1) is 0 Å². The Morgan fingerprint density at radius 2 is 2.04 bits per heavy atom. The molecule has 1 amide bonds. The molecule has 1 fully saturated rings. The molecule has 1 atom stereocenters. The molecule has 1 unspecified atom stereocenters. The standard InChI is InChI=1S/C20H26N4O3/c1-27-16-10-8-15(9-11-16)19(14-6-7-14)21-18(25)13-24-20(26)23-12-4-2-3-5-17(23)22-24/h8-11,14,19H,2-7,12-13H2,1H3,(H,21,25). The second-order valence-corrected chi connectivity index (χ2v) is 7.47. The molecule has 2 aliphatic rings. The summed E-state index contributed by atoms with van der Waals surface area (Å²) >= 11 is 0. The number of ether oxygens (including phenoxy) is 1. The first-order valence-electron chi connectivity index (χ1n) is 9.75. The first kappa shape index (κ1) is 17.8. The van der Waals surface area contributed by atoms with Gasteiger partial charge in [0.05, 0.1) is 13.2 Å². The highest BCUT2D eigenvalue weighted by molar-refractivity contribution is 5.76. The van der Waals surface area contributed by atoms with Crippen molar-refractivity contribution in [3.8, 4) is 5.75 Å². The smallest absolute Gasteiger partial charge is 0.346 e. The van der Waals surface area contributed by atoms with Gasteiger partial charge in [0.1, 0.15) is 18.1 Å². The molecule has 4 rings (SSSR count). The molecular formula is C20H26N4O3. The monoisotopic (exact) mass is 370 g/mol. The Labute approximate surface area is 158 Å². The Morgan fingerprint density at radius 3 is 2.74 bits per heavy atom. The Balaban J connectivity index is 1.47. The Bertz CT molecular complexity index is 864. The van der Waals surface area contributed by atoms with E-state index in [4.69, 9.17) is 4.74 Å². The lowest BCUT2D eigenvalue weighted by atomic mass is 10.0. The van der Waals surface area contributed by atoms with Crippen LogP contribution in [0, 0.1) is 5.92 Å². The molecule has 1 aliphatic heterocycles. The van der Waals surface area contributed by atoms with Crippen molar-refractivity contribution in [3.63, 3.8) is 0 Å². The predicted molar refractivity (Wildman–Crippen MR) is 101 cm³/mol.